The molecule has 0 aliphatic rings. The van der Waals surface area contributed by atoms with Gasteiger partial charge in [-0.3, -0.25) is 0 Å². The molecule has 0 spiro atoms. The van der Waals surface area contributed by atoms with Gasteiger partial charge in [-0.25, -0.2) is 0 Å². The normalized spacial score (nSPS) is 12.9. The van der Waals surface area contributed by atoms with Crippen molar-refractivity contribution in [1.29, 1.82) is 0 Å². The standard InChI is InChI=1S/3C4H10N.C2H6N.Ta/c3*1-3-5-4-2;1-2-3;/h3*3-4H2,1-2H3;3H,2H2,1H3;/q4*-1;+4. The first-order chi connectivity index (χ1) is 9.12. The fraction of sp³-hybridized carbons (Fsp3) is 1.00. The Morgan fingerprint density at radius 3 is 1.00 bits per heavy atom. The second-order valence-corrected chi connectivity index (χ2v) is 15.8. The molecule has 0 aliphatic heterocycles. The summed E-state index contributed by atoms with van der Waals surface area (Å²) in [5.41, 5.74) is 0. The summed E-state index contributed by atoms with van der Waals surface area (Å²) in [7, 11) is 0. The van der Waals surface area contributed by atoms with E-state index in [0.29, 0.717) is 0 Å². The quantitative estimate of drug-likeness (QED) is 0.532. The minimum absolute atomic E-state index is 1.07. The van der Waals surface area contributed by atoms with E-state index in [1.165, 1.54) is 0 Å². The van der Waals surface area contributed by atoms with Gasteiger partial charge in [0.05, 0.1) is 0 Å². The summed E-state index contributed by atoms with van der Waals surface area (Å²) < 4.78 is 12.3. The van der Waals surface area contributed by atoms with Crippen molar-refractivity contribution in [1.82, 2.24) is 13.6 Å². The first-order valence-electron chi connectivity index (χ1n) is 8.02. The molecule has 4 nitrogen and oxygen atoms in total. The van der Waals surface area contributed by atoms with Crippen LogP contribution in [0.1, 0.15) is 48.5 Å². The van der Waals surface area contributed by atoms with E-state index in [2.05, 4.69) is 62.1 Å². The molecule has 0 aromatic rings. The van der Waals surface area contributed by atoms with Gasteiger partial charge in [0.1, 0.15) is 0 Å². The van der Waals surface area contributed by atoms with E-state index in [9.17, 15) is 0 Å². The molecule has 0 heterocycles. The molecule has 0 amide bonds. The monoisotopic (exact) mass is 441 g/mol. The predicted molar refractivity (Wildman–Crippen MR) is 82.4 cm³/mol. The molecule has 1 N–H and O–H groups in total. The van der Waals surface area contributed by atoms with Crippen LogP contribution in [-0.4, -0.2) is 55.7 Å². The predicted octanol–water partition coefficient (Wildman–Crippen LogP) is 2.44. The van der Waals surface area contributed by atoms with Gasteiger partial charge in [0, 0.05) is 0 Å². The summed E-state index contributed by atoms with van der Waals surface area (Å²) >= 11 is -2.92. The van der Waals surface area contributed by atoms with E-state index < -0.39 is 18.2 Å². The van der Waals surface area contributed by atoms with Gasteiger partial charge < -0.3 is 0 Å². The summed E-state index contributed by atoms with van der Waals surface area (Å²) in [5, 5.41) is 0. The van der Waals surface area contributed by atoms with Gasteiger partial charge in [-0.2, -0.15) is 0 Å². The summed E-state index contributed by atoms with van der Waals surface area (Å²) in [5.74, 6) is 0. The molecular formula is C14H36N4Ta. The van der Waals surface area contributed by atoms with Crippen LogP contribution in [0.25, 0.3) is 0 Å². The molecule has 0 fully saturated rings. The molecule has 0 aromatic carbocycles. The van der Waals surface area contributed by atoms with Crippen LogP contribution in [0.4, 0.5) is 0 Å². The Morgan fingerprint density at radius 1 is 0.579 bits per heavy atom. The number of hydrogen-bond acceptors (Lipinski definition) is 4. The summed E-state index contributed by atoms with van der Waals surface area (Å²) in [4.78, 5) is 0. The zero-order chi connectivity index (χ0) is 14.9. The third-order valence-electron chi connectivity index (χ3n) is 3.74. The van der Waals surface area contributed by atoms with Crippen molar-refractivity contribution in [2.75, 3.05) is 45.8 Å². The molecule has 0 atom stereocenters. The Hall–Kier alpha value is 0.580. The maximum atomic E-state index is 4.00. The molecule has 0 unspecified atom stereocenters. The number of nitrogens with zero attached hydrogens (tertiary/aromatic N) is 3. The van der Waals surface area contributed by atoms with E-state index in [4.69, 9.17) is 0 Å². The van der Waals surface area contributed by atoms with Crippen molar-refractivity contribution < 1.29 is 18.2 Å². The van der Waals surface area contributed by atoms with E-state index in [1.54, 1.807) is 0 Å². The van der Waals surface area contributed by atoms with Crippen molar-refractivity contribution in [3.8, 4) is 0 Å². The average molecular weight is 441 g/mol. The third kappa shape index (κ3) is 4.27. The third-order valence-corrected chi connectivity index (χ3v) is 21.0. The Labute approximate surface area is 126 Å². The molecule has 0 saturated carbocycles. The van der Waals surface area contributed by atoms with Gasteiger partial charge in [-0.05, 0) is 0 Å². The zero-order valence-corrected chi connectivity index (χ0v) is 17.5. The SMILES string of the molecule is CC[NH][Ta]([N](CC)CC)([N](CC)CC)[N](CC)CC. The van der Waals surface area contributed by atoms with Gasteiger partial charge in [0.2, 0.25) is 0 Å². The van der Waals surface area contributed by atoms with Gasteiger partial charge >= 0.3 is 126 Å². The minimum atomic E-state index is -2.92. The van der Waals surface area contributed by atoms with Crippen molar-refractivity contribution >= 4 is 0 Å². The van der Waals surface area contributed by atoms with Crippen LogP contribution in [0.3, 0.4) is 0 Å². The Bertz CT molecular complexity index is 182. The van der Waals surface area contributed by atoms with Gasteiger partial charge in [-0.15, -0.1) is 0 Å². The van der Waals surface area contributed by atoms with Crippen molar-refractivity contribution in [2.45, 2.75) is 48.5 Å². The van der Waals surface area contributed by atoms with Crippen LogP contribution >= 0.6 is 0 Å². The van der Waals surface area contributed by atoms with Crippen molar-refractivity contribution in [3.63, 3.8) is 0 Å². The van der Waals surface area contributed by atoms with Crippen LogP contribution in [0.5, 0.6) is 0 Å². The maximum absolute atomic E-state index is 4.00. The van der Waals surface area contributed by atoms with Gasteiger partial charge in [0.15, 0.2) is 0 Å². The Kier molecular flexibility index (Phi) is 10.6. The van der Waals surface area contributed by atoms with E-state index in [1.807, 2.05) is 0 Å². The molecule has 0 aromatic heterocycles. The fourth-order valence-corrected chi connectivity index (χ4v) is 18.9. The summed E-state index contributed by atoms with van der Waals surface area (Å²) in [6.07, 6.45) is 0. The van der Waals surface area contributed by atoms with E-state index in [-0.39, 0.29) is 0 Å². The Balaban J connectivity index is 5.68. The first-order valence-corrected chi connectivity index (χ1v) is 13.9. The average Bonchev–Trinajstić information content (AvgIpc) is 2.42. The summed E-state index contributed by atoms with van der Waals surface area (Å²) in [6.45, 7) is 24.0. The molecule has 0 rings (SSSR count). The molecule has 0 saturated heterocycles. The molecule has 0 aliphatic carbocycles. The van der Waals surface area contributed by atoms with E-state index >= 15 is 0 Å². The van der Waals surface area contributed by atoms with E-state index in [0.717, 1.165) is 45.8 Å². The number of rotatable bonds is 11. The fourth-order valence-electron chi connectivity index (χ4n) is 2.90. The van der Waals surface area contributed by atoms with Crippen LogP contribution in [0, 0.1) is 0 Å². The molecule has 0 radical (unpaired) electrons. The van der Waals surface area contributed by atoms with Crippen LogP contribution in [0.2, 0.25) is 0 Å². The van der Waals surface area contributed by atoms with Crippen LogP contribution < -0.4 is 3.72 Å². The molecule has 117 valence electrons. The van der Waals surface area contributed by atoms with Gasteiger partial charge in [-0.1, -0.05) is 0 Å². The van der Waals surface area contributed by atoms with Gasteiger partial charge in [0.25, 0.3) is 0 Å². The number of hydrogen-bond donors (Lipinski definition) is 1. The molecule has 0 bridgehead atoms. The number of nitrogens with one attached hydrogen (secondary N) is 1. The van der Waals surface area contributed by atoms with Crippen LogP contribution in [-0.2, 0) is 18.2 Å². The van der Waals surface area contributed by atoms with Crippen LogP contribution in [0.15, 0.2) is 0 Å². The molecular weight excluding hydrogens is 405 g/mol. The second-order valence-electron chi connectivity index (χ2n) is 4.50. The zero-order valence-electron chi connectivity index (χ0n) is 14.2. The first kappa shape index (κ1) is 19.6. The summed E-state index contributed by atoms with van der Waals surface area (Å²) in [6, 6.07) is 0. The Morgan fingerprint density at radius 2 is 0.842 bits per heavy atom. The topological polar surface area (TPSA) is 21.8 Å². The van der Waals surface area contributed by atoms with Crippen molar-refractivity contribution in [3.05, 3.63) is 0 Å². The molecule has 5 heteroatoms. The van der Waals surface area contributed by atoms with Crippen molar-refractivity contribution in [2.24, 2.45) is 0 Å². The second kappa shape index (κ2) is 10.3. The molecule has 19 heavy (non-hydrogen) atoms.